The van der Waals surface area contributed by atoms with Crippen molar-refractivity contribution >= 4 is 28.3 Å². The van der Waals surface area contributed by atoms with Crippen molar-refractivity contribution in [2.45, 2.75) is 70.8 Å². The monoisotopic (exact) mass is 430 g/mol. The average Bonchev–Trinajstić information content (AvgIpc) is 3.14. The van der Waals surface area contributed by atoms with Gasteiger partial charge in [0, 0.05) is 30.3 Å². The molecule has 2 heterocycles. The van der Waals surface area contributed by atoms with Gasteiger partial charge in [0.25, 0.3) is 0 Å². The highest BCUT2D eigenvalue weighted by atomic mass is 32.1. The van der Waals surface area contributed by atoms with Crippen LogP contribution in [0.15, 0.2) is 5.38 Å². The number of piperidine rings is 1. The third-order valence-electron chi connectivity index (χ3n) is 7.79. The quantitative estimate of drug-likeness (QED) is 0.690. The summed E-state index contributed by atoms with van der Waals surface area (Å²) < 4.78 is 0. The Morgan fingerprint density at radius 1 is 1.07 bits per heavy atom. The van der Waals surface area contributed by atoms with E-state index in [1.807, 2.05) is 5.38 Å². The highest BCUT2D eigenvalue weighted by Crippen LogP contribution is 2.60. The molecule has 0 radical (unpaired) electrons. The minimum absolute atomic E-state index is 0.0697. The number of hydrogen-bond acceptors (Lipinski definition) is 5. The lowest BCUT2D eigenvalue weighted by molar-refractivity contribution is -0.146. The molecule has 0 aromatic carbocycles. The van der Waals surface area contributed by atoms with Crippen LogP contribution < -0.4 is 10.6 Å². The molecule has 0 unspecified atom stereocenters. The lowest BCUT2D eigenvalue weighted by Gasteiger charge is -2.55. The van der Waals surface area contributed by atoms with Crippen LogP contribution in [-0.4, -0.2) is 41.3 Å². The second-order valence-corrected chi connectivity index (χ2v) is 11.1. The molecular formula is C23H34N4O2S. The normalized spacial score (nSPS) is 32.9. The van der Waals surface area contributed by atoms with Crippen molar-refractivity contribution < 1.29 is 9.59 Å². The van der Waals surface area contributed by atoms with Crippen LogP contribution in [0.25, 0.3) is 0 Å². The summed E-state index contributed by atoms with van der Waals surface area (Å²) in [6.07, 6.45) is 11.4. The van der Waals surface area contributed by atoms with Gasteiger partial charge in [-0.15, -0.1) is 11.3 Å². The molecule has 1 aliphatic heterocycles. The van der Waals surface area contributed by atoms with Gasteiger partial charge < -0.3 is 10.6 Å². The van der Waals surface area contributed by atoms with Gasteiger partial charge in [-0.2, -0.15) is 0 Å². The minimum atomic E-state index is -0.135. The van der Waals surface area contributed by atoms with E-state index in [0.717, 1.165) is 62.3 Å². The molecule has 6 nitrogen and oxygen atoms in total. The molecule has 5 fully saturated rings. The van der Waals surface area contributed by atoms with Crippen LogP contribution in [-0.2, 0) is 16.1 Å². The van der Waals surface area contributed by atoms with Crippen molar-refractivity contribution in [2.75, 3.05) is 25.0 Å². The number of anilines is 1. The summed E-state index contributed by atoms with van der Waals surface area (Å²) in [7, 11) is 0. The van der Waals surface area contributed by atoms with E-state index in [2.05, 4.69) is 20.5 Å². The van der Waals surface area contributed by atoms with E-state index >= 15 is 0 Å². The third kappa shape index (κ3) is 4.42. The predicted molar refractivity (Wildman–Crippen MR) is 118 cm³/mol. The fraction of sp³-hybridized carbons (Fsp3) is 0.783. The maximum atomic E-state index is 13.0. The van der Waals surface area contributed by atoms with E-state index in [1.54, 1.807) is 0 Å². The number of carbonyl (C=O) groups is 2. The Labute approximate surface area is 183 Å². The van der Waals surface area contributed by atoms with E-state index in [9.17, 15) is 9.59 Å². The van der Waals surface area contributed by atoms with Crippen LogP contribution in [0.3, 0.4) is 0 Å². The van der Waals surface area contributed by atoms with Gasteiger partial charge in [-0.1, -0.05) is 6.42 Å². The lowest BCUT2D eigenvalue weighted by Crippen LogP contribution is -2.53. The van der Waals surface area contributed by atoms with Crippen molar-refractivity contribution in [3.05, 3.63) is 11.1 Å². The molecule has 164 valence electrons. The van der Waals surface area contributed by atoms with E-state index < -0.39 is 0 Å². The van der Waals surface area contributed by atoms with Crippen LogP contribution in [0.2, 0.25) is 0 Å². The van der Waals surface area contributed by atoms with Crippen LogP contribution in [0.5, 0.6) is 0 Å². The van der Waals surface area contributed by atoms with Crippen molar-refractivity contribution in [3.63, 3.8) is 0 Å². The molecule has 2 N–H and O–H groups in total. The van der Waals surface area contributed by atoms with Crippen LogP contribution in [0.1, 0.15) is 69.9 Å². The number of carbonyl (C=O) groups excluding carboxylic acids is 2. The van der Waals surface area contributed by atoms with E-state index in [-0.39, 0.29) is 17.2 Å². The topological polar surface area (TPSA) is 74.3 Å². The molecule has 0 spiro atoms. The number of nitrogens with one attached hydrogen (secondary N) is 2. The van der Waals surface area contributed by atoms with Crippen LogP contribution in [0, 0.1) is 23.2 Å². The maximum Gasteiger partial charge on any atom is 0.227 e. The summed E-state index contributed by atoms with van der Waals surface area (Å²) in [6, 6.07) is 0. The summed E-state index contributed by atoms with van der Waals surface area (Å²) in [5.74, 6) is 2.41. The molecule has 5 aliphatic rings. The Kier molecular flexibility index (Phi) is 5.84. The Bertz CT molecular complexity index is 751. The maximum absolute atomic E-state index is 13.0. The second kappa shape index (κ2) is 8.58. The van der Waals surface area contributed by atoms with Gasteiger partial charge in [-0.25, -0.2) is 4.98 Å². The second-order valence-electron chi connectivity index (χ2n) is 10.2. The Morgan fingerprint density at radius 2 is 1.73 bits per heavy atom. The van der Waals surface area contributed by atoms with Crippen molar-refractivity contribution in [1.29, 1.82) is 0 Å². The van der Waals surface area contributed by atoms with Crippen molar-refractivity contribution in [1.82, 2.24) is 15.2 Å². The molecule has 1 aromatic heterocycles. The first-order valence-corrected chi connectivity index (χ1v) is 12.7. The Morgan fingerprint density at radius 3 is 2.40 bits per heavy atom. The number of aromatic nitrogens is 1. The first-order valence-electron chi connectivity index (χ1n) is 11.8. The highest BCUT2D eigenvalue weighted by molar-refractivity contribution is 7.13. The number of thiazole rings is 1. The highest BCUT2D eigenvalue weighted by Gasteiger charge is 2.54. The van der Waals surface area contributed by atoms with E-state index in [4.69, 9.17) is 0 Å². The summed E-state index contributed by atoms with van der Waals surface area (Å²) >= 11 is 1.49. The number of nitrogens with zero attached hydrogens (tertiary/aromatic N) is 2. The molecule has 1 saturated heterocycles. The zero-order valence-electron chi connectivity index (χ0n) is 17.8. The molecular weight excluding hydrogens is 396 g/mol. The summed E-state index contributed by atoms with van der Waals surface area (Å²) in [6.45, 7) is 3.57. The van der Waals surface area contributed by atoms with Gasteiger partial charge in [0.2, 0.25) is 11.8 Å². The zero-order valence-corrected chi connectivity index (χ0v) is 18.6. The number of amides is 2. The molecule has 4 saturated carbocycles. The van der Waals surface area contributed by atoms with Crippen LogP contribution in [0.4, 0.5) is 5.13 Å². The fourth-order valence-electron chi connectivity index (χ4n) is 6.83. The molecule has 4 aliphatic carbocycles. The van der Waals surface area contributed by atoms with Gasteiger partial charge in [0.05, 0.1) is 5.69 Å². The van der Waals surface area contributed by atoms with Gasteiger partial charge in [-0.3, -0.25) is 14.5 Å². The molecule has 7 heteroatoms. The summed E-state index contributed by atoms with van der Waals surface area (Å²) in [5, 5.41) is 8.71. The SMILES string of the molecule is O=C(CCNC(=O)C12CC3CC(CC(C3)C1)C2)Nc1nc(CN2CCCCC2)cs1. The fourth-order valence-corrected chi connectivity index (χ4v) is 7.55. The zero-order chi connectivity index (χ0) is 20.6. The Balaban J connectivity index is 1.06. The number of likely N-dealkylation sites (tertiary alicyclic amines) is 1. The molecule has 30 heavy (non-hydrogen) atoms. The van der Waals surface area contributed by atoms with Gasteiger partial charge >= 0.3 is 0 Å². The molecule has 1 aromatic rings. The summed E-state index contributed by atoms with van der Waals surface area (Å²) in [4.78, 5) is 32.3. The molecule has 6 rings (SSSR count). The predicted octanol–water partition coefficient (Wildman–Crippen LogP) is 3.79. The number of rotatable bonds is 7. The first kappa shape index (κ1) is 20.4. The van der Waals surface area contributed by atoms with Crippen molar-refractivity contribution in [3.8, 4) is 0 Å². The third-order valence-corrected chi connectivity index (χ3v) is 8.60. The number of hydrogen-bond donors (Lipinski definition) is 2. The first-order chi connectivity index (χ1) is 14.6. The largest absolute Gasteiger partial charge is 0.355 e. The Hall–Kier alpha value is -1.47. The minimum Gasteiger partial charge on any atom is -0.355 e. The smallest absolute Gasteiger partial charge is 0.227 e. The standard InChI is InChI=1S/C23H34N4O2S/c28-20(26-22-25-19(15-30-22)14-27-6-2-1-3-7-27)4-5-24-21(29)23-11-16-8-17(12-23)10-18(9-16)13-23/h15-18H,1-14H2,(H,24,29)(H,25,26,28). The molecule has 4 bridgehead atoms. The van der Waals surface area contributed by atoms with Gasteiger partial charge in [0.1, 0.15) is 0 Å². The van der Waals surface area contributed by atoms with E-state index in [0.29, 0.717) is 18.1 Å². The molecule has 2 amide bonds. The van der Waals surface area contributed by atoms with Crippen molar-refractivity contribution in [2.24, 2.45) is 23.2 Å². The average molecular weight is 431 g/mol. The van der Waals surface area contributed by atoms with Gasteiger partial charge in [0.15, 0.2) is 5.13 Å². The summed E-state index contributed by atoms with van der Waals surface area (Å²) in [5.41, 5.74) is 0.900. The molecule has 0 atom stereocenters. The van der Waals surface area contributed by atoms with E-state index in [1.165, 1.54) is 49.9 Å². The van der Waals surface area contributed by atoms with Gasteiger partial charge in [-0.05, 0) is 82.2 Å². The lowest BCUT2D eigenvalue weighted by atomic mass is 9.49. The van der Waals surface area contributed by atoms with Crippen LogP contribution >= 0.6 is 11.3 Å².